The van der Waals surface area contributed by atoms with Crippen LogP contribution in [0.3, 0.4) is 0 Å². The highest BCUT2D eigenvalue weighted by molar-refractivity contribution is 9.10. The predicted octanol–water partition coefficient (Wildman–Crippen LogP) is 3.41. The molecule has 3 unspecified atom stereocenters. The highest BCUT2D eigenvalue weighted by Crippen LogP contribution is 2.33. The quantitative estimate of drug-likeness (QED) is 0.900. The second kappa shape index (κ2) is 5.57. The summed E-state index contributed by atoms with van der Waals surface area (Å²) in [4.78, 5) is 2.36. The summed E-state index contributed by atoms with van der Waals surface area (Å²) in [5.74, 6) is 0.372. The molecule has 1 heterocycles. The minimum atomic E-state index is -0.198. The Balaban J connectivity index is 2.24. The van der Waals surface area contributed by atoms with Gasteiger partial charge in [0, 0.05) is 23.1 Å². The van der Waals surface area contributed by atoms with E-state index in [2.05, 4.69) is 40.0 Å². The first-order valence-electron chi connectivity index (χ1n) is 6.43. The number of halogens is 2. The van der Waals surface area contributed by atoms with Crippen molar-refractivity contribution >= 4 is 21.6 Å². The van der Waals surface area contributed by atoms with Crippen LogP contribution in [0.25, 0.3) is 0 Å². The maximum Gasteiger partial charge on any atom is 0.124 e. The summed E-state index contributed by atoms with van der Waals surface area (Å²) in [5.41, 5.74) is 1.09. The fraction of sp³-hybridized carbons (Fsp3) is 0.571. The van der Waals surface area contributed by atoms with Crippen LogP contribution < -0.4 is 10.2 Å². The average molecular weight is 315 g/mol. The van der Waals surface area contributed by atoms with Crippen LogP contribution in [0.15, 0.2) is 22.7 Å². The van der Waals surface area contributed by atoms with Gasteiger partial charge in [0.2, 0.25) is 0 Å². The fourth-order valence-electron chi connectivity index (χ4n) is 2.83. The second-order valence-electron chi connectivity index (χ2n) is 5.07. The lowest BCUT2D eigenvalue weighted by molar-refractivity contribution is 0.282. The van der Waals surface area contributed by atoms with E-state index in [1.54, 1.807) is 0 Å². The standard InChI is InChI=1S/C14H20BrFN2/c1-9-10(2)18(7-6-13(9)17-3)14-5-4-11(16)8-12(14)15/h4-5,8-10,13,17H,6-7H2,1-3H3. The van der Waals surface area contributed by atoms with Gasteiger partial charge in [-0.3, -0.25) is 0 Å². The Morgan fingerprint density at radius 2 is 2.11 bits per heavy atom. The van der Waals surface area contributed by atoms with Crippen LogP contribution in [-0.4, -0.2) is 25.7 Å². The third-order valence-corrected chi connectivity index (χ3v) is 4.79. The van der Waals surface area contributed by atoms with Gasteiger partial charge < -0.3 is 10.2 Å². The van der Waals surface area contributed by atoms with E-state index in [0.717, 1.165) is 23.1 Å². The molecule has 0 radical (unpaired) electrons. The van der Waals surface area contributed by atoms with Crippen molar-refractivity contribution in [2.24, 2.45) is 5.92 Å². The fourth-order valence-corrected chi connectivity index (χ4v) is 3.40. The topological polar surface area (TPSA) is 15.3 Å². The smallest absolute Gasteiger partial charge is 0.124 e. The van der Waals surface area contributed by atoms with E-state index in [1.807, 2.05) is 13.1 Å². The van der Waals surface area contributed by atoms with Gasteiger partial charge in [-0.2, -0.15) is 0 Å². The summed E-state index contributed by atoms with van der Waals surface area (Å²) in [5, 5.41) is 3.38. The normalized spacial score (nSPS) is 28.5. The summed E-state index contributed by atoms with van der Waals surface area (Å²) in [6.07, 6.45) is 1.12. The maximum absolute atomic E-state index is 13.1. The Morgan fingerprint density at radius 1 is 1.39 bits per heavy atom. The van der Waals surface area contributed by atoms with Crippen LogP contribution in [0, 0.1) is 11.7 Å². The predicted molar refractivity (Wildman–Crippen MR) is 77.5 cm³/mol. The largest absolute Gasteiger partial charge is 0.368 e. The van der Waals surface area contributed by atoms with E-state index in [-0.39, 0.29) is 5.82 Å². The van der Waals surface area contributed by atoms with Crippen molar-refractivity contribution in [1.82, 2.24) is 5.32 Å². The number of hydrogen-bond donors (Lipinski definition) is 1. The highest BCUT2D eigenvalue weighted by Gasteiger charge is 2.32. The molecule has 1 saturated heterocycles. The van der Waals surface area contributed by atoms with Crippen molar-refractivity contribution in [3.05, 3.63) is 28.5 Å². The number of anilines is 1. The summed E-state index contributed by atoms with van der Waals surface area (Å²) in [6.45, 7) is 5.51. The zero-order valence-corrected chi connectivity index (χ0v) is 12.7. The Kier molecular flexibility index (Phi) is 4.28. The van der Waals surface area contributed by atoms with Crippen LogP contribution in [-0.2, 0) is 0 Å². The molecule has 3 atom stereocenters. The van der Waals surface area contributed by atoms with Crippen molar-refractivity contribution in [3.63, 3.8) is 0 Å². The van der Waals surface area contributed by atoms with Crippen molar-refractivity contribution < 1.29 is 4.39 Å². The van der Waals surface area contributed by atoms with Gasteiger partial charge in [0.15, 0.2) is 0 Å². The van der Waals surface area contributed by atoms with Crippen molar-refractivity contribution in [1.29, 1.82) is 0 Å². The van der Waals surface area contributed by atoms with E-state index < -0.39 is 0 Å². The van der Waals surface area contributed by atoms with Crippen LogP contribution in [0.4, 0.5) is 10.1 Å². The number of benzene rings is 1. The van der Waals surface area contributed by atoms with E-state index in [4.69, 9.17) is 0 Å². The Morgan fingerprint density at radius 3 is 2.72 bits per heavy atom. The van der Waals surface area contributed by atoms with Crippen LogP contribution in [0.5, 0.6) is 0 Å². The van der Waals surface area contributed by atoms with Gasteiger partial charge in [-0.15, -0.1) is 0 Å². The summed E-state index contributed by atoms with van der Waals surface area (Å²) in [6, 6.07) is 5.94. The molecule has 18 heavy (non-hydrogen) atoms. The van der Waals surface area contributed by atoms with E-state index >= 15 is 0 Å². The molecule has 1 aliphatic heterocycles. The molecule has 1 aromatic carbocycles. The van der Waals surface area contributed by atoms with Gasteiger partial charge in [0.05, 0.1) is 5.69 Å². The molecule has 100 valence electrons. The zero-order chi connectivity index (χ0) is 13.3. The minimum absolute atomic E-state index is 0.198. The molecule has 0 aliphatic carbocycles. The first kappa shape index (κ1) is 13.8. The summed E-state index contributed by atoms with van der Waals surface area (Å²) >= 11 is 3.46. The van der Waals surface area contributed by atoms with E-state index in [9.17, 15) is 4.39 Å². The second-order valence-corrected chi connectivity index (χ2v) is 5.93. The first-order chi connectivity index (χ1) is 8.54. The Bertz CT molecular complexity index is 424. The Hall–Kier alpha value is -0.610. The number of nitrogens with one attached hydrogen (secondary N) is 1. The number of hydrogen-bond acceptors (Lipinski definition) is 2. The SMILES string of the molecule is CNC1CCN(c2ccc(F)cc2Br)C(C)C1C. The molecule has 1 N–H and O–H groups in total. The molecule has 0 saturated carbocycles. The lowest BCUT2D eigenvalue weighted by atomic mass is 9.87. The molecule has 4 heteroatoms. The zero-order valence-electron chi connectivity index (χ0n) is 11.1. The highest BCUT2D eigenvalue weighted by atomic mass is 79.9. The lowest BCUT2D eigenvalue weighted by Crippen LogP contribution is -2.52. The van der Waals surface area contributed by atoms with Gasteiger partial charge in [0.1, 0.15) is 5.82 Å². The molecule has 1 aliphatic rings. The van der Waals surface area contributed by atoms with Gasteiger partial charge in [-0.25, -0.2) is 4.39 Å². The monoisotopic (exact) mass is 314 g/mol. The van der Waals surface area contributed by atoms with Gasteiger partial charge in [-0.1, -0.05) is 6.92 Å². The third kappa shape index (κ3) is 2.54. The maximum atomic E-state index is 13.1. The van der Waals surface area contributed by atoms with Crippen LogP contribution in [0.2, 0.25) is 0 Å². The number of nitrogens with zero attached hydrogens (tertiary/aromatic N) is 1. The molecule has 0 bridgehead atoms. The molecule has 0 aromatic heterocycles. The van der Waals surface area contributed by atoms with Crippen molar-refractivity contribution in [2.45, 2.75) is 32.4 Å². The first-order valence-corrected chi connectivity index (χ1v) is 7.23. The van der Waals surface area contributed by atoms with Crippen LogP contribution >= 0.6 is 15.9 Å². The number of rotatable bonds is 2. The average Bonchev–Trinajstić information content (AvgIpc) is 2.34. The number of piperidine rings is 1. The molecule has 2 nitrogen and oxygen atoms in total. The molecular weight excluding hydrogens is 295 g/mol. The summed E-state index contributed by atoms with van der Waals surface area (Å²) < 4.78 is 14.0. The molecular formula is C14H20BrFN2. The molecule has 0 spiro atoms. The third-order valence-electron chi connectivity index (χ3n) is 4.16. The molecule has 2 rings (SSSR count). The lowest BCUT2D eigenvalue weighted by Gasteiger charge is -2.44. The van der Waals surface area contributed by atoms with Crippen LogP contribution in [0.1, 0.15) is 20.3 Å². The van der Waals surface area contributed by atoms with E-state index in [1.165, 1.54) is 12.1 Å². The Labute approximate surface area is 117 Å². The van der Waals surface area contributed by atoms with Gasteiger partial charge in [0.25, 0.3) is 0 Å². The minimum Gasteiger partial charge on any atom is -0.368 e. The molecule has 1 aromatic rings. The summed E-state index contributed by atoms with van der Waals surface area (Å²) in [7, 11) is 2.03. The molecule has 0 amide bonds. The van der Waals surface area contributed by atoms with E-state index in [0.29, 0.717) is 18.0 Å². The van der Waals surface area contributed by atoms with Crippen molar-refractivity contribution in [3.8, 4) is 0 Å². The van der Waals surface area contributed by atoms with Crippen molar-refractivity contribution in [2.75, 3.05) is 18.5 Å². The molecule has 1 fully saturated rings. The van der Waals surface area contributed by atoms with Gasteiger partial charge in [-0.05, 0) is 60.4 Å². The van der Waals surface area contributed by atoms with Gasteiger partial charge >= 0.3 is 0 Å².